The molecule has 0 bridgehead atoms. The summed E-state index contributed by atoms with van der Waals surface area (Å²) in [4.78, 5) is 14.7. The van der Waals surface area contributed by atoms with E-state index in [4.69, 9.17) is 16.3 Å². The van der Waals surface area contributed by atoms with E-state index in [0.717, 1.165) is 32.1 Å². The van der Waals surface area contributed by atoms with Crippen LogP contribution in [0.1, 0.15) is 36.8 Å². The Hall–Kier alpha value is -2.04. The predicted molar refractivity (Wildman–Crippen MR) is 119 cm³/mol. The first-order valence-electron chi connectivity index (χ1n) is 10.3. The van der Waals surface area contributed by atoms with Gasteiger partial charge in [0.25, 0.3) is 5.91 Å². The molecule has 1 fully saturated rings. The second-order valence-electron chi connectivity index (χ2n) is 8.31. The number of halogens is 1. The molecule has 0 spiro atoms. The summed E-state index contributed by atoms with van der Waals surface area (Å²) in [6, 6.07) is 15.9. The summed E-state index contributed by atoms with van der Waals surface area (Å²) in [7, 11) is 4.36. The zero-order valence-electron chi connectivity index (χ0n) is 17.6. The highest BCUT2D eigenvalue weighted by atomic mass is 35.5. The number of hydrogen-bond donors (Lipinski definition) is 1. The van der Waals surface area contributed by atoms with Gasteiger partial charge in [0, 0.05) is 16.6 Å². The van der Waals surface area contributed by atoms with Gasteiger partial charge in [-0.1, -0.05) is 35.9 Å². The van der Waals surface area contributed by atoms with Crippen LogP contribution in [0.25, 0.3) is 0 Å². The summed E-state index contributed by atoms with van der Waals surface area (Å²) in [5.74, 6) is 0.583. The minimum Gasteiger partial charge on any atom is -0.484 e. The Labute approximate surface area is 179 Å². The van der Waals surface area contributed by atoms with Crippen molar-refractivity contribution in [2.75, 3.05) is 20.7 Å². The molecule has 5 heteroatoms. The van der Waals surface area contributed by atoms with Crippen molar-refractivity contribution in [2.45, 2.75) is 50.6 Å². The molecule has 1 N–H and O–H groups in total. The van der Waals surface area contributed by atoms with Gasteiger partial charge in [-0.3, -0.25) is 4.79 Å². The molecule has 0 radical (unpaired) electrons. The van der Waals surface area contributed by atoms with Crippen LogP contribution in [0, 0.1) is 6.92 Å². The highest BCUT2D eigenvalue weighted by Gasteiger charge is 2.37. The highest BCUT2D eigenvalue weighted by Crippen LogP contribution is 2.36. The number of benzene rings is 2. The van der Waals surface area contributed by atoms with Crippen molar-refractivity contribution in [1.82, 2.24) is 10.2 Å². The van der Waals surface area contributed by atoms with Gasteiger partial charge in [-0.25, -0.2) is 0 Å². The minimum absolute atomic E-state index is 0.0279. The third kappa shape index (κ3) is 5.74. The zero-order chi connectivity index (χ0) is 20.9. The topological polar surface area (TPSA) is 41.6 Å². The van der Waals surface area contributed by atoms with E-state index in [1.807, 2.05) is 0 Å². The van der Waals surface area contributed by atoms with Gasteiger partial charge in [-0.15, -0.1) is 0 Å². The molecule has 0 atom stereocenters. The van der Waals surface area contributed by atoms with Gasteiger partial charge in [-0.2, -0.15) is 0 Å². The van der Waals surface area contributed by atoms with E-state index in [9.17, 15) is 4.79 Å². The standard InChI is InChI=1S/C24H31ClN2O2/c1-18-6-4-5-7-19(18)16-24(27(2)3)14-12-21(13-15-24)26-23(28)17-29-22-10-8-20(25)9-11-22/h4-11,21H,12-17H2,1-3H3,(H,26,28). The normalized spacial score (nSPS) is 21.8. The van der Waals surface area contributed by atoms with Crippen LogP contribution in [0.15, 0.2) is 48.5 Å². The third-order valence-corrected chi connectivity index (χ3v) is 6.45. The average molecular weight is 415 g/mol. The number of aryl methyl sites for hydroxylation is 1. The van der Waals surface area contributed by atoms with Crippen molar-refractivity contribution in [3.8, 4) is 5.75 Å². The van der Waals surface area contributed by atoms with Gasteiger partial charge in [0.15, 0.2) is 6.61 Å². The lowest BCUT2D eigenvalue weighted by Crippen LogP contribution is -2.52. The second kappa shape index (κ2) is 9.64. The van der Waals surface area contributed by atoms with E-state index in [-0.39, 0.29) is 24.1 Å². The lowest BCUT2D eigenvalue weighted by Gasteiger charge is -2.45. The fraction of sp³-hybridized carbons (Fsp3) is 0.458. The van der Waals surface area contributed by atoms with E-state index in [1.54, 1.807) is 24.3 Å². The van der Waals surface area contributed by atoms with Gasteiger partial charge < -0.3 is 15.0 Å². The summed E-state index contributed by atoms with van der Waals surface area (Å²) in [6.07, 6.45) is 5.15. The SMILES string of the molecule is Cc1ccccc1CC1(N(C)C)CCC(NC(=O)COc2ccc(Cl)cc2)CC1. The number of nitrogens with zero attached hydrogens (tertiary/aromatic N) is 1. The van der Waals surface area contributed by atoms with Crippen molar-refractivity contribution in [2.24, 2.45) is 0 Å². The number of rotatable bonds is 7. The number of hydrogen-bond acceptors (Lipinski definition) is 3. The molecule has 156 valence electrons. The lowest BCUT2D eigenvalue weighted by molar-refractivity contribution is -0.124. The molecule has 0 aromatic heterocycles. The first kappa shape index (κ1) is 21.7. The first-order valence-corrected chi connectivity index (χ1v) is 10.7. The Kier molecular flexibility index (Phi) is 7.20. The molecule has 2 aromatic rings. The second-order valence-corrected chi connectivity index (χ2v) is 8.74. The average Bonchev–Trinajstić information content (AvgIpc) is 2.71. The molecule has 1 aliphatic rings. The third-order valence-electron chi connectivity index (χ3n) is 6.19. The molecule has 0 saturated heterocycles. The van der Waals surface area contributed by atoms with E-state index in [2.05, 4.69) is 55.5 Å². The number of likely N-dealkylation sites (N-methyl/N-ethyl adjacent to an activating group) is 1. The van der Waals surface area contributed by atoms with Crippen molar-refractivity contribution in [3.63, 3.8) is 0 Å². The molecule has 1 saturated carbocycles. The Morgan fingerprint density at radius 1 is 1.14 bits per heavy atom. The molecule has 2 aromatic carbocycles. The molecule has 0 heterocycles. The molecular weight excluding hydrogens is 384 g/mol. The van der Waals surface area contributed by atoms with Crippen LogP contribution in [0.3, 0.4) is 0 Å². The van der Waals surface area contributed by atoms with Crippen molar-refractivity contribution in [3.05, 3.63) is 64.7 Å². The van der Waals surface area contributed by atoms with Crippen LogP contribution >= 0.6 is 11.6 Å². The van der Waals surface area contributed by atoms with Crippen molar-refractivity contribution in [1.29, 1.82) is 0 Å². The Balaban J connectivity index is 1.51. The fourth-order valence-corrected chi connectivity index (χ4v) is 4.32. The molecule has 3 rings (SSSR count). The zero-order valence-corrected chi connectivity index (χ0v) is 18.3. The number of carbonyl (C=O) groups excluding carboxylic acids is 1. The Morgan fingerprint density at radius 3 is 2.41 bits per heavy atom. The van der Waals surface area contributed by atoms with Crippen LogP contribution in [-0.4, -0.2) is 43.1 Å². The molecule has 29 heavy (non-hydrogen) atoms. The fourth-order valence-electron chi connectivity index (χ4n) is 4.19. The molecular formula is C24H31ClN2O2. The summed E-state index contributed by atoms with van der Waals surface area (Å²) in [6.45, 7) is 2.21. The Morgan fingerprint density at radius 2 is 1.79 bits per heavy atom. The van der Waals surface area contributed by atoms with Gasteiger partial charge in [0.05, 0.1) is 0 Å². The number of nitrogens with one attached hydrogen (secondary N) is 1. The number of amides is 1. The summed E-state index contributed by atoms with van der Waals surface area (Å²) in [5.41, 5.74) is 2.91. The van der Waals surface area contributed by atoms with E-state index >= 15 is 0 Å². The summed E-state index contributed by atoms with van der Waals surface area (Å²) in [5, 5.41) is 3.80. The van der Waals surface area contributed by atoms with E-state index < -0.39 is 0 Å². The smallest absolute Gasteiger partial charge is 0.258 e. The molecule has 0 aliphatic heterocycles. The van der Waals surface area contributed by atoms with Gasteiger partial charge >= 0.3 is 0 Å². The maximum Gasteiger partial charge on any atom is 0.258 e. The van der Waals surface area contributed by atoms with Crippen LogP contribution in [0.4, 0.5) is 0 Å². The number of ether oxygens (including phenoxy) is 1. The summed E-state index contributed by atoms with van der Waals surface area (Å²) >= 11 is 5.87. The van der Waals surface area contributed by atoms with Crippen LogP contribution < -0.4 is 10.1 Å². The van der Waals surface area contributed by atoms with Gasteiger partial charge in [-0.05, 0) is 88.5 Å². The van der Waals surface area contributed by atoms with Crippen LogP contribution in [0.5, 0.6) is 5.75 Å². The van der Waals surface area contributed by atoms with E-state index in [0.29, 0.717) is 10.8 Å². The molecule has 4 nitrogen and oxygen atoms in total. The van der Waals surface area contributed by atoms with Gasteiger partial charge in [0.1, 0.15) is 5.75 Å². The van der Waals surface area contributed by atoms with Crippen molar-refractivity contribution >= 4 is 17.5 Å². The lowest BCUT2D eigenvalue weighted by atomic mass is 9.74. The maximum absolute atomic E-state index is 12.3. The van der Waals surface area contributed by atoms with E-state index in [1.165, 1.54) is 11.1 Å². The highest BCUT2D eigenvalue weighted by molar-refractivity contribution is 6.30. The molecule has 1 aliphatic carbocycles. The maximum atomic E-state index is 12.3. The largest absolute Gasteiger partial charge is 0.484 e. The van der Waals surface area contributed by atoms with Crippen LogP contribution in [0.2, 0.25) is 5.02 Å². The molecule has 1 amide bonds. The van der Waals surface area contributed by atoms with Crippen molar-refractivity contribution < 1.29 is 9.53 Å². The van der Waals surface area contributed by atoms with Crippen LogP contribution in [-0.2, 0) is 11.2 Å². The molecule has 0 unspecified atom stereocenters. The first-order chi connectivity index (χ1) is 13.9. The predicted octanol–water partition coefficient (Wildman–Crippen LogP) is 4.63. The quantitative estimate of drug-likeness (QED) is 0.718. The monoisotopic (exact) mass is 414 g/mol. The number of carbonyl (C=O) groups is 1. The minimum atomic E-state index is -0.0683. The summed E-state index contributed by atoms with van der Waals surface area (Å²) < 4.78 is 5.56. The van der Waals surface area contributed by atoms with Gasteiger partial charge in [0.2, 0.25) is 0 Å². The Bertz CT molecular complexity index is 812.